The molecule has 1 aromatic carbocycles. The summed E-state index contributed by atoms with van der Waals surface area (Å²) in [6.07, 6.45) is 1.18. The molecular weight excluding hydrogens is 233 g/mol. The van der Waals surface area contributed by atoms with Gasteiger partial charge in [-0.2, -0.15) is 0 Å². The second-order valence-corrected chi connectivity index (χ2v) is 6.53. The third-order valence-electron chi connectivity index (χ3n) is 2.40. The predicted octanol–water partition coefficient (Wildman–Crippen LogP) is 3.94. The highest BCUT2D eigenvalue weighted by molar-refractivity contribution is 7.99. The number of benzene rings is 1. The van der Waals surface area contributed by atoms with E-state index in [4.69, 9.17) is 0 Å². The number of hydrogen-bond acceptors (Lipinski definition) is 2. The molecule has 96 valence electrons. The maximum atomic E-state index is 12.9. The Bertz CT molecular complexity index is 333. The molecule has 0 saturated heterocycles. The number of hydrogen-bond donors (Lipinski definition) is 1. The van der Waals surface area contributed by atoms with Crippen LogP contribution in [-0.4, -0.2) is 18.8 Å². The first-order chi connectivity index (χ1) is 7.97. The zero-order valence-corrected chi connectivity index (χ0v) is 11.7. The Hall–Kier alpha value is -0.540. The van der Waals surface area contributed by atoms with Crippen LogP contribution in [0.4, 0.5) is 4.39 Å². The minimum atomic E-state index is -0.157. The fourth-order valence-corrected chi connectivity index (χ4v) is 2.24. The van der Waals surface area contributed by atoms with Gasteiger partial charge in [-0.25, -0.2) is 4.39 Å². The van der Waals surface area contributed by atoms with E-state index in [0.717, 1.165) is 23.7 Å². The van der Waals surface area contributed by atoms with Gasteiger partial charge in [0.05, 0.1) is 0 Å². The minimum Gasteiger partial charge on any atom is -0.316 e. The van der Waals surface area contributed by atoms with E-state index in [1.54, 1.807) is 23.9 Å². The molecule has 17 heavy (non-hydrogen) atoms. The largest absolute Gasteiger partial charge is 0.316 e. The van der Waals surface area contributed by atoms with Gasteiger partial charge < -0.3 is 5.32 Å². The molecule has 0 aromatic heterocycles. The average molecular weight is 255 g/mol. The summed E-state index contributed by atoms with van der Waals surface area (Å²) in [6.45, 7) is 8.76. The normalized spacial score (nSPS) is 11.8. The van der Waals surface area contributed by atoms with Crippen molar-refractivity contribution >= 4 is 11.8 Å². The first-order valence-corrected chi connectivity index (χ1v) is 7.05. The Morgan fingerprint density at radius 2 is 2.00 bits per heavy atom. The Morgan fingerprint density at radius 3 is 2.65 bits per heavy atom. The van der Waals surface area contributed by atoms with Gasteiger partial charge in [0.25, 0.3) is 0 Å². The molecule has 3 heteroatoms. The summed E-state index contributed by atoms with van der Waals surface area (Å²) in [6, 6.07) is 6.76. The summed E-state index contributed by atoms with van der Waals surface area (Å²) in [4.78, 5) is 1.00. The molecule has 0 bridgehead atoms. The molecule has 0 aliphatic rings. The van der Waals surface area contributed by atoms with Crippen molar-refractivity contribution in [1.29, 1.82) is 0 Å². The second kappa shape index (κ2) is 7.02. The van der Waals surface area contributed by atoms with Gasteiger partial charge in [0.15, 0.2) is 0 Å². The van der Waals surface area contributed by atoms with Crippen molar-refractivity contribution in [3.05, 3.63) is 30.1 Å². The zero-order chi connectivity index (χ0) is 12.7. The summed E-state index contributed by atoms with van der Waals surface area (Å²) >= 11 is 1.69. The van der Waals surface area contributed by atoms with Crippen molar-refractivity contribution in [2.24, 2.45) is 5.41 Å². The summed E-state index contributed by atoms with van der Waals surface area (Å²) in [5.41, 5.74) is 0.392. The number of rotatable bonds is 6. The molecule has 0 radical (unpaired) electrons. The van der Waals surface area contributed by atoms with Gasteiger partial charge >= 0.3 is 0 Å². The van der Waals surface area contributed by atoms with Crippen molar-refractivity contribution in [1.82, 2.24) is 5.32 Å². The molecule has 1 rings (SSSR count). The smallest absolute Gasteiger partial charge is 0.124 e. The maximum absolute atomic E-state index is 12.9. The highest BCUT2D eigenvalue weighted by atomic mass is 32.2. The Labute approximate surface area is 108 Å². The van der Waals surface area contributed by atoms with Crippen LogP contribution in [0, 0.1) is 11.2 Å². The van der Waals surface area contributed by atoms with Crippen LogP contribution in [0.2, 0.25) is 0 Å². The zero-order valence-electron chi connectivity index (χ0n) is 10.9. The average Bonchev–Trinajstić information content (AvgIpc) is 2.22. The quantitative estimate of drug-likeness (QED) is 0.610. The first-order valence-electron chi connectivity index (χ1n) is 6.06. The molecule has 0 fully saturated rings. The Kier molecular flexibility index (Phi) is 6.00. The molecule has 0 atom stereocenters. The predicted molar refractivity (Wildman–Crippen MR) is 74.1 cm³/mol. The maximum Gasteiger partial charge on any atom is 0.124 e. The molecular formula is C14H22FNS. The summed E-state index contributed by atoms with van der Waals surface area (Å²) in [5, 5.41) is 3.41. The third kappa shape index (κ3) is 7.40. The van der Waals surface area contributed by atoms with Crippen molar-refractivity contribution in [2.75, 3.05) is 18.8 Å². The molecule has 0 heterocycles. The molecule has 1 N–H and O–H groups in total. The van der Waals surface area contributed by atoms with E-state index in [9.17, 15) is 4.39 Å². The van der Waals surface area contributed by atoms with Gasteiger partial charge in [-0.3, -0.25) is 0 Å². The van der Waals surface area contributed by atoms with E-state index in [2.05, 4.69) is 26.1 Å². The molecule has 0 amide bonds. The van der Waals surface area contributed by atoms with Crippen LogP contribution in [0.5, 0.6) is 0 Å². The summed E-state index contributed by atoms with van der Waals surface area (Å²) in [5.74, 6) is 0.823. The van der Waals surface area contributed by atoms with Gasteiger partial charge in [0, 0.05) is 17.2 Å². The van der Waals surface area contributed by atoms with Gasteiger partial charge in [0.2, 0.25) is 0 Å². The second-order valence-electron chi connectivity index (χ2n) is 5.37. The lowest BCUT2D eigenvalue weighted by Gasteiger charge is -2.17. The lowest BCUT2D eigenvalue weighted by molar-refractivity contribution is 0.369. The van der Waals surface area contributed by atoms with Crippen LogP contribution in [0.1, 0.15) is 27.2 Å². The van der Waals surface area contributed by atoms with Crippen LogP contribution in [0.25, 0.3) is 0 Å². The monoisotopic (exact) mass is 255 g/mol. The molecule has 1 aromatic rings. The van der Waals surface area contributed by atoms with Crippen LogP contribution in [0.15, 0.2) is 29.2 Å². The fraction of sp³-hybridized carbons (Fsp3) is 0.571. The number of nitrogens with one attached hydrogen (secondary N) is 1. The van der Waals surface area contributed by atoms with E-state index >= 15 is 0 Å². The highest BCUT2D eigenvalue weighted by Crippen LogP contribution is 2.18. The van der Waals surface area contributed by atoms with E-state index in [-0.39, 0.29) is 5.82 Å². The standard InChI is InChI=1S/C14H22FNS/c1-14(2,3)7-8-16-9-10-17-13-6-4-5-12(15)11-13/h4-6,11,16H,7-10H2,1-3H3. The van der Waals surface area contributed by atoms with Gasteiger partial charge in [0.1, 0.15) is 5.82 Å². The lowest BCUT2D eigenvalue weighted by atomic mass is 9.92. The van der Waals surface area contributed by atoms with E-state index in [1.165, 1.54) is 12.5 Å². The first kappa shape index (κ1) is 14.5. The van der Waals surface area contributed by atoms with Crippen LogP contribution in [-0.2, 0) is 0 Å². The van der Waals surface area contributed by atoms with E-state index in [0.29, 0.717) is 5.41 Å². The van der Waals surface area contributed by atoms with Crippen LogP contribution in [0.3, 0.4) is 0 Å². The molecule has 0 aliphatic carbocycles. The Morgan fingerprint density at radius 1 is 1.24 bits per heavy atom. The van der Waals surface area contributed by atoms with Crippen LogP contribution < -0.4 is 5.32 Å². The lowest BCUT2D eigenvalue weighted by Crippen LogP contribution is -2.22. The van der Waals surface area contributed by atoms with Crippen molar-refractivity contribution in [3.8, 4) is 0 Å². The van der Waals surface area contributed by atoms with E-state index in [1.807, 2.05) is 6.07 Å². The van der Waals surface area contributed by atoms with Crippen molar-refractivity contribution in [3.63, 3.8) is 0 Å². The molecule has 1 nitrogen and oxygen atoms in total. The van der Waals surface area contributed by atoms with Crippen molar-refractivity contribution in [2.45, 2.75) is 32.1 Å². The summed E-state index contributed by atoms with van der Waals surface area (Å²) in [7, 11) is 0. The molecule has 0 aliphatic heterocycles. The number of thioether (sulfide) groups is 1. The van der Waals surface area contributed by atoms with E-state index < -0.39 is 0 Å². The SMILES string of the molecule is CC(C)(C)CCNCCSc1cccc(F)c1. The topological polar surface area (TPSA) is 12.0 Å². The minimum absolute atomic E-state index is 0.157. The number of halogens is 1. The van der Waals surface area contributed by atoms with Gasteiger partial charge in [-0.1, -0.05) is 26.8 Å². The Balaban J connectivity index is 2.09. The van der Waals surface area contributed by atoms with Crippen LogP contribution >= 0.6 is 11.8 Å². The molecule has 0 spiro atoms. The third-order valence-corrected chi connectivity index (χ3v) is 3.39. The highest BCUT2D eigenvalue weighted by Gasteiger charge is 2.08. The fourth-order valence-electron chi connectivity index (χ4n) is 1.39. The molecule has 0 unspecified atom stereocenters. The summed E-state index contributed by atoms with van der Waals surface area (Å²) < 4.78 is 12.9. The van der Waals surface area contributed by atoms with Gasteiger partial charge in [-0.05, 0) is 36.6 Å². The van der Waals surface area contributed by atoms with Crippen molar-refractivity contribution < 1.29 is 4.39 Å². The molecule has 0 saturated carbocycles. The van der Waals surface area contributed by atoms with Gasteiger partial charge in [-0.15, -0.1) is 11.8 Å².